The number of aromatic amines is 1. The van der Waals surface area contributed by atoms with E-state index in [4.69, 9.17) is 10.7 Å². The molecule has 1 aromatic carbocycles. The predicted octanol–water partition coefficient (Wildman–Crippen LogP) is 4.19. The van der Waals surface area contributed by atoms with Crippen LogP contribution in [-0.2, 0) is 6.42 Å². The lowest BCUT2D eigenvalue weighted by Gasteiger charge is -2.21. The standard InChI is InChI=1S/C19H24N6/c20-14-7-4-8-15(11-14)23-19-24-16(17-18(25-19)22-12-21-17)10-9-13-5-2-1-3-6-13/h4,7-8,11-13H,1-3,5-6,9-10,20H2,(H2,21,22,23,24,25). The SMILES string of the molecule is Nc1cccc(Nc2nc(CCC3CCCCC3)c3[nH]cnc3n2)c1. The second-order valence-corrected chi connectivity index (χ2v) is 6.89. The number of rotatable bonds is 5. The fourth-order valence-corrected chi connectivity index (χ4v) is 3.69. The highest BCUT2D eigenvalue weighted by atomic mass is 15.1. The smallest absolute Gasteiger partial charge is 0.229 e. The van der Waals surface area contributed by atoms with Gasteiger partial charge in [-0.2, -0.15) is 4.98 Å². The minimum absolute atomic E-state index is 0.573. The molecule has 0 saturated heterocycles. The molecule has 0 amide bonds. The average Bonchev–Trinajstić information content (AvgIpc) is 3.09. The molecule has 0 bridgehead atoms. The second kappa shape index (κ2) is 7.09. The first kappa shape index (κ1) is 15.9. The molecule has 4 rings (SSSR count). The zero-order valence-corrected chi connectivity index (χ0v) is 14.3. The molecule has 0 spiro atoms. The minimum atomic E-state index is 0.573. The van der Waals surface area contributed by atoms with E-state index in [-0.39, 0.29) is 0 Å². The monoisotopic (exact) mass is 336 g/mol. The van der Waals surface area contributed by atoms with Crippen LogP contribution in [-0.4, -0.2) is 19.9 Å². The van der Waals surface area contributed by atoms with Gasteiger partial charge in [0.1, 0.15) is 5.52 Å². The van der Waals surface area contributed by atoms with E-state index >= 15 is 0 Å². The van der Waals surface area contributed by atoms with Crippen molar-refractivity contribution in [1.82, 2.24) is 19.9 Å². The highest BCUT2D eigenvalue weighted by Crippen LogP contribution is 2.28. The van der Waals surface area contributed by atoms with E-state index in [1.165, 1.54) is 38.5 Å². The molecule has 2 aromatic heterocycles. The zero-order valence-electron chi connectivity index (χ0n) is 14.3. The largest absolute Gasteiger partial charge is 0.399 e. The molecule has 130 valence electrons. The fourth-order valence-electron chi connectivity index (χ4n) is 3.69. The summed E-state index contributed by atoms with van der Waals surface area (Å²) in [5.41, 5.74) is 10.1. The lowest BCUT2D eigenvalue weighted by atomic mass is 9.86. The van der Waals surface area contributed by atoms with Gasteiger partial charge in [-0.15, -0.1) is 0 Å². The van der Waals surface area contributed by atoms with E-state index < -0.39 is 0 Å². The van der Waals surface area contributed by atoms with Gasteiger partial charge in [0.05, 0.1) is 12.0 Å². The zero-order chi connectivity index (χ0) is 17.1. The van der Waals surface area contributed by atoms with Crippen LogP contribution >= 0.6 is 0 Å². The Morgan fingerprint density at radius 1 is 1.16 bits per heavy atom. The van der Waals surface area contributed by atoms with Crippen LogP contribution < -0.4 is 11.1 Å². The molecule has 2 heterocycles. The van der Waals surface area contributed by atoms with Crippen LogP contribution in [0, 0.1) is 5.92 Å². The predicted molar refractivity (Wildman–Crippen MR) is 101 cm³/mol. The van der Waals surface area contributed by atoms with E-state index in [1.54, 1.807) is 6.33 Å². The van der Waals surface area contributed by atoms with Crippen molar-refractivity contribution in [2.75, 3.05) is 11.1 Å². The van der Waals surface area contributed by atoms with Gasteiger partial charge in [-0.3, -0.25) is 0 Å². The number of anilines is 3. The minimum Gasteiger partial charge on any atom is -0.399 e. The van der Waals surface area contributed by atoms with Gasteiger partial charge in [-0.1, -0.05) is 38.2 Å². The van der Waals surface area contributed by atoms with Crippen molar-refractivity contribution in [3.63, 3.8) is 0 Å². The lowest BCUT2D eigenvalue weighted by Crippen LogP contribution is -2.09. The first-order valence-corrected chi connectivity index (χ1v) is 9.10. The Balaban J connectivity index is 1.56. The fraction of sp³-hybridized carbons (Fsp3) is 0.421. The molecule has 1 fully saturated rings. The Hall–Kier alpha value is -2.63. The maximum Gasteiger partial charge on any atom is 0.229 e. The van der Waals surface area contributed by atoms with Crippen LogP contribution in [0.2, 0.25) is 0 Å². The van der Waals surface area contributed by atoms with Crippen LogP contribution in [0.3, 0.4) is 0 Å². The number of fused-ring (bicyclic) bond motifs is 1. The number of H-pyrrole nitrogens is 1. The molecule has 1 saturated carbocycles. The van der Waals surface area contributed by atoms with Gasteiger partial charge >= 0.3 is 0 Å². The summed E-state index contributed by atoms with van der Waals surface area (Å²) in [5, 5.41) is 3.25. The molecular weight excluding hydrogens is 312 g/mol. The summed E-state index contributed by atoms with van der Waals surface area (Å²) in [6.07, 6.45) is 10.7. The third-order valence-corrected chi connectivity index (χ3v) is 5.02. The molecule has 0 aliphatic heterocycles. The van der Waals surface area contributed by atoms with Crippen molar-refractivity contribution < 1.29 is 0 Å². The van der Waals surface area contributed by atoms with Crippen LogP contribution in [0.4, 0.5) is 17.3 Å². The van der Waals surface area contributed by atoms with E-state index in [0.717, 1.165) is 29.2 Å². The molecule has 3 aromatic rings. The number of imidazole rings is 1. The Morgan fingerprint density at radius 3 is 2.88 bits per heavy atom. The summed E-state index contributed by atoms with van der Waals surface area (Å²) in [7, 11) is 0. The number of nitrogen functional groups attached to an aromatic ring is 1. The Labute approximate surface area is 147 Å². The summed E-state index contributed by atoms with van der Waals surface area (Å²) < 4.78 is 0. The van der Waals surface area contributed by atoms with Gasteiger partial charge in [0.2, 0.25) is 5.95 Å². The number of nitrogens with two attached hydrogens (primary N) is 1. The summed E-state index contributed by atoms with van der Waals surface area (Å²) in [5.74, 6) is 1.40. The van der Waals surface area contributed by atoms with Gasteiger partial charge in [0.15, 0.2) is 5.65 Å². The molecule has 0 atom stereocenters. The van der Waals surface area contributed by atoms with Gasteiger partial charge in [0, 0.05) is 11.4 Å². The molecule has 6 nitrogen and oxygen atoms in total. The number of aromatic nitrogens is 4. The number of benzene rings is 1. The lowest BCUT2D eigenvalue weighted by molar-refractivity contribution is 0.338. The first-order valence-electron chi connectivity index (χ1n) is 9.10. The number of hydrogen-bond donors (Lipinski definition) is 3. The Kier molecular flexibility index (Phi) is 4.50. The van der Waals surface area contributed by atoms with Gasteiger partial charge < -0.3 is 16.0 Å². The van der Waals surface area contributed by atoms with E-state index in [9.17, 15) is 0 Å². The highest BCUT2D eigenvalue weighted by Gasteiger charge is 2.16. The summed E-state index contributed by atoms with van der Waals surface area (Å²) in [6.45, 7) is 0. The third-order valence-electron chi connectivity index (χ3n) is 5.02. The molecular formula is C19H24N6. The Bertz CT molecular complexity index is 850. The first-order chi connectivity index (χ1) is 12.3. The molecule has 0 unspecified atom stereocenters. The molecule has 1 aliphatic carbocycles. The third kappa shape index (κ3) is 3.73. The van der Waals surface area contributed by atoms with Crippen LogP contribution in [0.5, 0.6) is 0 Å². The Morgan fingerprint density at radius 2 is 2.04 bits per heavy atom. The molecule has 25 heavy (non-hydrogen) atoms. The maximum absolute atomic E-state index is 5.85. The molecule has 1 aliphatic rings. The topological polar surface area (TPSA) is 92.5 Å². The quantitative estimate of drug-likeness (QED) is 0.607. The number of aryl methyl sites for hydroxylation is 1. The van der Waals surface area contributed by atoms with Crippen molar-refractivity contribution in [3.8, 4) is 0 Å². The van der Waals surface area contributed by atoms with Crippen molar-refractivity contribution in [3.05, 3.63) is 36.3 Å². The van der Waals surface area contributed by atoms with Gasteiger partial charge in [-0.05, 0) is 37.0 Å². The molecule has 6 heteroatoms. The highest BCUT2D eigenvalue weighted by molar-refractivity contribution is 5.75. The van der Waals surface area contributed by atoms with Crippen LogP contribution in [0.1, 0.15) is 44.2 Å². The van der Waals surface area contributed by atoms with E-state index in [0.29, 0.717) is 17.3 Å². The number of nitrogens with zero attached hydrogens (tertiary/aromatic N) is 3. The van der Waals surface area contributed by atoms with Gasteiger partial charge in [-0.25, -0.2) is 9.97 Å². The number of nitrogens with one attached hydrogen (secondary N) is 2. The van der Waals surface area contributed by atoms with Crippen molar-refractivity contribution in [1.29, 1.82) is 0 Å². The van der Waals surface area contributed by atoms with Crippen molar-refractivity contribution >= 4 is 28.5 Å². The van der Waals surface area contributed by atoms with Crippen molar-refractivity contribution in [2.24, 2.45) is 5.92 Å². The maximum atomic E-state index is 5.85. The summed E-state index contributed by atoms with van der Waals surface area (Å²) in [4.78, 5) is 16.8. The van der Waals surface area contributed by atoms with Crippen molar-refractivity contribution in [2.45, 2.75) is 44.9 Å². The summed E-state index contributed by atoms with van der Waals surface area (Å²) in [6, 6.07) is 7.60. The van der Waals surface area contributed by atoms with Crippen LogP contribution in [0.15, 0.2) is 30.6 Å². The van der Waals surface area contributed by atoms with E-state index in [1.807, 2.05) is 24.3 Å². The second-order valence-electron chi connectivity index (χ2n) is 6.89. The van der Waals surface area contributed by atoms with E-state index in [2.05, 4.69) is 20.3 Å². The average molecular weight is 336 g/mol. The molecule has 0 radical (unpaired) electrons. The number of hydrogen-bond acceptors (Lipinski definition) is 5. The normalized spacial score (nSPS) is 15.5. The molecule has 4 N–H and O–H groups in total. The van der Waals surface area contributed by atoms with Gasteiger partial charge in [0.25, 0.3) is 0 Å². The summed E-state index contributed by atoms with van der Waals surface area (Å²) >= 11 is 0. The van der Waals surface area contributed by atoms with Crippen LogP contribution in [0.25, 0.3) is 11.2 Å².